The average Bonchev–Trinajstić information content (AvgIpc) is 2.96. The number of hydrogen-bond donors (Lipinski definition) is 1. The van der Waals surface area contributed by atoms with Gasteiger partial charge in [0.2, 0.25) is 0 Å². The third kappa shape index (κ3) is 6.42. The van der Waals surface area contributed by atoms with E-state index in [2.05, 4.69) is 4.98 Å². The predicted molar refractivity (Wildman–Crippen MR) is 152 cm³/mol. The first-order chi connectivity index (χ1) is 19.7. The number of aliphatic hydroxyl groups excluding tert-OH is 1. The Labute approximate surface area is 235 Å². The van der Waals surface area contributed by atoms with Crippen molar-refractivity contribution in [3.8, 4) is 22.6 Å². The molecule has 1 N–H and O–H groups in total. The molecule has 210 valence electrons. The molecule has 0 spiro atoms. The Morgan fingerprint density at radius 1 is 0.829 bits per heavy atom. The molecule has 0 saturated carbocycles. The van der Waals surface area contributed by atoms with Gasteiger partial charge >= 0.3 is 6.18 Å². The first-order valence-corrected chi connectivity index (χ1v) is 14.5. The molecule has 5 aromatic rings. The Kier molecular flexibility index (Phi) is 8.10. The summed E-state index contributed by atoms with van der Waals surface area (Å²) in [4.78, 5) is 4.32. The minimum atomic E-state index is -4.57. The van der Waals surface area contributed by atoms with E-state index in [1.165, 1.54) is 24.4 Å². The van der Waals surface area contributed by atoms with Gasteiger partial charge < -0.3 is 9.84 Å². The molecule has 1 aromatic heterocycles. The SMILES string of the molecule is O=S(=O)(CCCO)c1cccc(Oc2cccc(-c3c(Cc4ccccc4)cnc4c(C(F)(F)F)cccc34)c2)c1. The second kappa shape index (κ2) is 11.7. The number of fused-ring (bicyclic) bond motifs is 1. The zero-order valence-corrected chi connectivity index (χ0v) is 22.6. The van der Waals surface area contributed by atoms with Crippen LogP contribution in [0, 0.1) is 0 Å². The van der Waals surface area contributed by atoms with Crippen LogP contribution in [0.4, 0.5) is 13.2 Å². The molecule has 41 heavy (non-hydrogen) atoms. The summed E-state index contributed by atoms with van der Waals surface area (Å²) in [6.07, 6.45) is -2.50. The van der Waals surface area contributed by atoms with Crippen molar-refractivity contribution in [3.63, 3.8) is 0 Å². The van der Waals surface area contributed by atoms with Gasteiger partial charge in [-0.3, -0.25) is 4.98 Å². The predicted octanol–water partition coefficient (Wildman–Crippen LogP) is 7.46. The van der Waals surface area contributed by atoms with Crippen LogP contribution in [0.5, 0.6) is 11.5 Å². The largest absolute Gasteiger partial charge is 0.457 e. The molecule has 9 heteroatoms. The van der Waals surface area contributed by atoms with E-state index >= 15 is 0 Å². The maximum Gasteiger partial charge on any atom is 0.418 e. The van der Waals surface area contributed by atoms with Crippen molar-refractivity contribution in [2.45, 2.75) is 23.9 Å². The van der Waals surface area contributed by atoms with Gasteiger partial charge in [-0.05, 0) is 71.5 Å². The summed E-state index contributed by atoms with van der Waals surface area (Å²) < 4.78 is 72.8. The molecule has 0 radical (unpaired) electrons. The van der Waals surface area contributed by atoms with Gasteiger partial charge in [-0.1, -0.05) is 60.7 Å². The van der Waals surface area contributed by atoms with E-state index in [4.69, 9.17) is 9.84 Å². The van der Waals surface area contributed by atoms with Crippen LogP contribution in [-0.4, -0.2) is 30.9 Å². The Morgan fingerprint density at radius 2 is 1.54 bits per heavy atom. The summed E-state index contributed by atoms with van der Waals surface area (Å²) in [5, 5.41) is 9.38. The Hall–Kier alpha value is -4.21. The van der Waals surface area contributed by atoms with Crippen LogP contribution in [0.15, 0.2) is 108 Å². The van der Waals surface area contributed by atoms with Gasteiger partial charge in [-0.2, -0.15) is 13.2 Å². The fourth-order valence-electron chi connectivity index (χ4n) is 4.74. The number of para-hydroxylation sites is 1. The van der Waals surface area contributed by atoms with E-state index in [9.17, 15) is 21.6 Å². The molecule has 4 aromatic carbocycles. The van der Waals surface area contributed by atoms with E-state index in [1.807, 2.05) is 30.3 Å². The summed E-state index contributed by atoms with van der Waals surface area (Å²) in [7, 11) is -3.60. The first-order valence-electron chi connectivity index (χ1n) is 12.9. The Morgan fingerprint density at radius 3 is 2.27 bits per heavy atom. The Bertz CT molecular complexity index is 1790. The second-order valence-electron chi connectivity index (χ2n) is 9.52. The molecular formula is C32H26F3NO4S. The lowest BCUT2D eigenvalue weighted by Crippen LogP contribution is -2.08. The molecule has 0 atom stereocenters. The monoisotopic (exact) mass is 577 g/mol. The van der Waals surface area contributed by atoms with Crippen LogP contribution in [0.2, 0.25) is 0 Å². The smallest absolute Gasteiger partial charge is 0.418 e. The fourth-order valence-corrected chi connectivity index (χ4v) is 6.06. The standard InChI is InChI=1S/C32H26F3NO4S/c33-32(34,35)29-15-6-14-28-30(24(21-36-31(28)29)18-22-8-2-1-3-9-22)23-10-4-11-25(19-23)40-26-12-5-13-27(20-26)41(38,39)17-7-16-37/h1-6,8-15,19-21,37H,7,16-18H2. The summed E-state index contributed by atoms with van der Waals surface area (Å²) >= 11 is 0. The molecular weight excluding hydrogens is 551 g/mol. The lowest BCUT2D eigenvalue weighted by atomic mass is 9.92. The zero-order chi connectivity index (χ0) is 29.0. The topological polar surface area (TPSA) is 76.5 Å². The molecule has 0 aliphatic carbocycles. The number of benzene rings is 4. The van der Waals surface area contributed by atoms with Gasteiger partial charge in [0.15, 0.2) is 9.84 Å². The van der Waals surface area contributed by atoms with Crippen molar-refractivity contribution < 1.29 is 31.4 Å². The molecule has 5 nitrogen and oxygen atoms in total. The fraction of sp³-hybridized carbons (Fsp3) is 0.156. The number of ether oxygens (including phenoxy) is 1. The number of nitrogens with zero attached hydrogens (tertiary/aromatic N) is 1. The van der Waals surface area contributed by atoms with Gasteiger partial charge in [0.25, 0.3) is 0 Å². The summed E-state index contributed by atoms with van der Waals surface area (Å²) in [5.41, 5.74) is 2.02. The highest BCUT2D eigenvalue weighted by Gasteiger charge is 2.33. The summed E-state index contributed by atoms with van der Waals surface area (Å²) in [6.45, 7) is -0.234. The van der Waals surface area contributed by atoms with Crippen molar-refractivity contribution >= 4 is 20.7 Å². The lowest BCUT2D eigenvalue weighted by molar-refractivity contribution is -0.136. The lowest BCUT2D eigenvalue weighted by Gasteiger charge is -2.17. The highest BCUT2D eigenvalue weighted by atomic mass is 32.2. The van der Waals surface area contributed by atoms with E-state index in [0.717, 1.165) is 17.2 Å². The van der Waals surface area contributed by atoms with Gasteiger partial charge in [0, 0.05) is 18.2 Å². The molecule has 0 fully saturated rings. The first kappa shape index (κ1) is 28.3. The number of aromatic nitrogens is 1. The minimum Gasteiger partial charge on any atom is -0.457 e. The van der Waals surface area contributed by atoms with Crippen LogP contribution in [0.3, 0.4) is 0 Å². The highest BCUT2D eigenvalue weighted by molar-refractivity contribution is 7.91. The van der Waals surface area contributed by atoms with E-state index in [-0.39, 0.29) is 34.9 Å². The third-order valence-electron chi connectivity index (χ3n) is 6.61. The number of aliphatic hydroxyl groups is 1. The molecule has 0 aliphatic rings. The molecule has 0 bridgehead atoms. The number of hydrogen-bond acceptors (Lipinski definition) is 5. The molecule has 1 heterocycles. The number of pyridine rings is 1. The number of alkyl halides is 3. The van der Waals surface area contributed by atoms with Gasteiger partial charge in [-0.25, -0.2) is 8.42 Å². The number of halogens is 3. The summed E-state index contributed by atoms with van der Waals surface area (Å²) in [6, 6.07) is 26.6. The molecule has 5 rings (SSSR count). The normalized spacial score (nSPS) is 12.0. The maximum absolute atomic E-state index is 13.9. The number of rotatable bonds is 9. The van der Waals surface area contributed by atoms with Crippen molar-refractivity contribution in [2.24, 2.45) is 0 Å². The maximum atomic E-state index is 13.9. The second-order valence-corrected chi connectivity index (χ2v) is 11.6. The van der Waals surface area contributed by atoms with Gasteiger partial charge in [-0.15, -0.1) is 0 Å². The van der Waals surface area contributed by atoms with Crippen molar-refractivity contribution in [2.75, 3.05) is 12.4 Å². The Balaban J connectivity index is 1.59. The molecule has 0 aliphatic heterocycles. The van der Waals surface area contributed by atoms with Gasteiger partial charge in [0.05, 0.1) is 21.7 Å². The van der Waals surface area contributed by atoms with E-state index in [1.54, 1.807) is 42.5 Å². The van der Waals surface area contributed by atoms with Crippen LogP contribution in [-0.2, 0) is 22.4 Å². The minimum absolute atomic E-state index is 0.0737. The van der Waals surface area contributed by atoms with Crippen molar-refractivity contribution in [1.29, 1.82) is 0 Å². The summed E-state index contributed by atoms with van der Waals surface area (Å²) in [5.74, 6) is 0.479. The van der Waals surface area contributed by atoms with Crippen LogP contribution < -0.4 is 4.74 Å². The van der Waals surface area contributed by atoms with Gasteiger partial charge in [0.1, 0.15) is 11.5 Å². The van der Waals surface area contributed by atoms with Crippen LogP contribution >= 0.6 is 0 Å². The number of sulfone groups is 1. The van der Waals surface area contributed by atoms with Crippen LogP contribution in [0.25, 0.3) is 22.0 Å². The zero-order valence-electron chi connectivity index (χ0n) is 21.8. The van der Waals surface area contributed by atoms with Crippen molar-refractivity contribution in [3.05, 3.63) is 120 Å². The average molecular weight is 578 g/mol. The molecule has 0 unspecified atom stereocenters. The highest BCUT2D eigenvalue weighted by Crippen LogP contribution is 2.40. The molecule has 0 saturated heterocycles. The van der Waals surface area contributed by atoms with E-state index < -0.39 is 21.6 Å². The third-order valence-corrected chi connectivity index (χ3v) is 8.41. The van der Waals surface area contributed by atoms with Crippen molar-refractivity contribution in [1.82, 2.24) is 4.98 Å². The van der Waals surface area contributed by atoms with E-state index in [0.29, 0.717) is 28.7 Å². The molecule has 0 amide bonds. The van der Waals surface area contributed by atoms with Crippen LogP contribution in [0.1, 0.15) is 23.1 Å². The quantitative estimate of drug-likeness (QED) is 0.197.